The van der Waals surface area contributed by atoms with Crippen molar-refractivity contribution in [2.45, 2.75) is 32.9 Å². The van der Waals surface area contributed by atoms with Crippen molar-refractivity contribution >= 4 is 11.6 Å². The van der Waals surface area contributed by atoms with E-state index >= 15 is 0 Å². The number of anilines is 1. The summed E-state index contributed by atoms with van der Waals surface area (Å²) in [5.74, 6) is 0.166. The van der Waals surface area contributed by atoms with Crippen LogP contribution in [0.15, 0.2) is 30.3 Å². The summed E-state index contributed by atoms with van der Waals surface area (Å²) < 4.78 is 0. The first-order chi connectivity index (χ1) is 10.0. The lowest BCUT2D eigenvalue weighted by atomic mass is 10.1. The SMILES string of the molecule is CC(C)N1CCN(C(C)C(=O)N(C)c2ccccc2)CC1. The highest BCUT2D eigenvalue weighted by Crippen LogP contribution is 2.15. The molecule has 0 radical (unpaired) electrons. The van der Waals surface area contributed by atoms with Crippen molar-refractivity contribution in [2.24, 2.45) is 0 Å². The van der Waals surface area contributed by atoms with Crippen LogP contribution in [0.3, 0.4) is 0 Å². The zero-order valence-corrected chi connectivity index (χ0v) is 13.6. The Balaban J connectivity index is 1.94. The standard InChI is InChI=1S/C17H27N3O/c1-14(2)19-10-12-20(13-11-19)15(3)17(21)18(4)16-8-6-5-7-9-16/h5-9,14-15H,10-13H2,1-4H3. The summed E-state index contributed by atoms with van der Waals surface area (Å²) in [5.41, 5.74) is 0.954. The van der Waals surface area contributed by atoms with Gasteiger partial charge in [-0.25, -0.2) is 0 Å². The predicted octanol–water partition coefficient (Wildman–Crippen LogP) is 2.06. The van der Waals surface area contributed by atoms with Gasteiger partial charge in [0.05, 0.1) is 6.04 Å². The maximum atomic E-state index is 12.6. The molecule has 1 aromatic carbocycles. The molecule has 21 heavy (non-hydrogen) atoms. The van der Waals surface area contributed by atoms with E-state index in [-0.39, 0.29) is 11.9 Å². The van der Waals surface area contributed by atoms with Gasteiger partial charge in [0.15, 0.2) is 0 Å². The topological polar surface area (TPSA) is 26.8 Å². The maximum Gasteiger partial charge on any atom is 0.243 e. The van der Waals surface area contributed by atoms with Gasteiger partial charge in [0.2, 0.25) is 5.91 Å². The van der Waals surface area contributed by atoms with Crippen LogP contribution in [-0.4, -0.2) is 61.0 Å². The number of piperazine rings is 1. The first-order valence-electron chi connectivity index (χ1n) is 7.81. The van der Waals surface area contributed by atoms with Gasteiger partial charge in [-0.15, -0.1) is 0 Å². The minimum atomic E-state index is -0.0653. The van der Waals surface area contributed by atoms with E-state index in [9.17, 15) is 4.79 Å². The van der Waals surface area contributed by atoms with Crippen molar-refractivity contribution in [2.75, 3.05) is 38.1 Å². The molecule has 116 valence electrons. The van der Waals surface area contributed by atoms with Gasteiger partial charge in [-0.3, -0.25) is 14.6 Å². The molecule has 0 spiro atoms. The second-order valence-corrected chi connectivity index (χ2v) is 6.07. The van der Waals surface area contributed by atoms with Crippen LogP contribution in [0.25, 0.3) is 0 Å². The Labute approximate surface area is 128 Å². The van der Waals surface area contributed by atoms with E-state index in [1.807, 2.05) is 44.3 Å². The van der Waals surface area contributed by atoms with Gasteiger partial charge in [-0.1, -0.05) is 18.2 Å². The largest absolute Gasteiger partial charge is 0.314 e. The summed E-state index contributed by atoms with van der Waals surface area (Å²) in [6.07, 6.45) is 0. The van der Waals surface area contributed by atoms with E-state index in [1.54, 1.807) is 4.90 Å². The molecule has 0 aliphatic carbocycles. The molecule has 1 atom stereocenters. The van der Waals surface area contributed by atoms with Crippen molar-refractivity contribution in [1.82, 2.24) is 9.80 Å². The Kier molecular flexibility index (Phi) is 5.37. The number of nitrogens with zero attached hydrogens (tertiary/aromatic N) is 3. The van der Waals surface area contributed by atoms with Gasteiger partial charge in [0, 0.05) is 45.0 Å². The third-order valence-corrected chi connectivity index (χ3v) is 4.46. The van der Waals surface area contributed by atoms with Gasteiger partial charge in [-0.2, -0.15) is 0 Å². The summed E-state index contributed by atoms with van der Waals surface area (Å²) in [4.78, 5) is 19.2. The first kappa shape index (κ1) is 16.0. The molecular weight excluding hydrogens is 262 g/mol. The lowest BCUT2D eigenvalue weighted by Crippen LogP contribution is -2.55. The molecule has 1 heterocycles. The fraction of sp³-hybridized carbons (Fsp3) is 0.588. The Morgan fingerprint density at radius 3 is 2.05 bits per heavy atom. The molecule has 0 bridgehead atoms. The first-order valence-corrected chi connectivity index (χ1v) is 7.81. The van der Waals surface area contributed by atoms with Crippen LogP contribution in [0.1, 0.15) is 20.8 Å². The Bertz CT molecular complexity index is 452. The Morgan fingerprint density at radius 2 is 1.52 bits per heavy atom. The van der Waals surface area contributed by atoms with E-state index < -0.39 is 0 Å². The minimum absolute atomic E-state index is 0.0653. The normalized spacial score (nSPS) is 18.7. The fourth-order valence-electron chi connectivity index (χ4n) is 2.86. The van der Waals surface area contributed by atoms with E-state index in [2.05, 4.69) is 23.6 Å². The molecule has 4 heteroatoms. The molecule has 4 nitrogen and oxygen atoms in total. The van der Waals surface area contributed by atoms with Gasteiger partial charge >= 0.3 is 0 Å². The molecule has 1 aromatic rings. The molecule has 1 saturated heterocycles. The lowest BCUT2D eigenvalue weighted by Gasteiger charge is -2.40. The monoisotopic (exact) mass is 289 g/mol. The van der Waals surface area contributed by atoms with Crippen LogP contribution in [0.5, 0.6) is 0 Å². The summed E-state index contributed by atoms with van der Waals surface area (Å²) in [6, 6.07) is 10.4. The van der Waals surface area contributed by atoms with Crippen LogP contribution >= 0.6 is 0 Å². The molecule has 0 saturated carbocycles. The second-order valence-electron chi connectivity index (χ2n) is 6.07. The smallest absolute Gasteiger partial charge is 0.243 e. The van der Waals surface area contributed by atoms with Crippen molar-refractivity contribution < 1.29 is 4.79 Å². The van der Waals surface area contributed by atoms with Crippen LogP contribution in [0, 0.1) is 0 Å². The van der Waals surface area contributed by atoms with Crippen molar-refractivity contribution in [3.8, 4) is 0 Å². The molecule has 0 aromatic heterocycles. The van der Waals surface area contributed by atoms with E-state index in [0.29, 0.717) is 6.04 Å². The third-order valence-electron chi connectivity index (χ3n) is 4.46. The van der Waals surface area contributed by atoms with Crippen molar-refractivity contribution in [3.63, 3.8) is 0 Å². The van der Waals surface area contributed by atoms with E-state index in [0.717, 1.165) is 31.9 Å². The Morgan fingerprint density at radius 1 is 1.00 bits per heavy atom. The van der Waals surface area contributed by atoms with Gasteiger partial charge in [0.1, 0.15) is 0 Å². The summed E-state index contributed by atoms with van der Waals surface area (Å²) >= 11 is 0. The molecule has 1 fully saturated rings. The minimum Gasteiger partial charge on any atom is -0.314 e. The number of para-hydroxylation sites is 1. The van der Waals surface area contributed by atoms with E-state index in [4.69, 9.17) is 0 Å². The second kappa shape index (κ2) is 7.05. The van der Waals surface area contributed by atoms with Gasteiger partial charge < -0.3 is 4.90 Å². The Hall–Kier alpha value is -1.39. The zero-order valence-electron chi connectivity index (χ0n) is 13.6. The third kappa shape index (κ3) is 3.83. The van der Waals surface area contributed by atoms with Crippen molar-refractivity contribution in [3.05, 3.63) is 30.3 Å². The summed E-state index contributed by atoms with van der Waals surface area (Å²) in [7, 11) is 1.86. The van der Waals surface area contributed by atoms with Crippen LogP contribution in [0.2, 0.25) is 0 Å². The molecule has 1 aliphatic heterocycles. The highest BCUT2D eigenvalue weighted by molar-refractivity contribution is 5.96. The molecule has 1 amide bonds. The lowest BCUT2D eigenvalue weighted by molar-refractivity contribution is -0.123. The van der Waals surface area contributed by atoms with Gasteiger partial charge in [0.25, 0.3) is 0 Å². The molecule has 0 N–H and O–H groups in total. The zero-order chi connectivity index (χ0) is 15.4. The van der Waals surface area contributed by atoms with Crippen LogP contribution < -0.4 is 4.90 Å². The molecule has 1 aliphatic rings. The van der Waals surface area contributed by atoms with Crippen LogP contribution in [-0.2, 0) is 4.79 Å². The number of amides is 1. The number of carbonyl (C=O) groups excluding carboxylic acids is 1. The average Bonchev–Trinajstić information content (AvgIpc) is 2.53. The number of rotatable bonds is 4. The van der Waals surface area contributed by atoms with E-state index in [1.165, 1.54) is 0 Å². The summed E-state index contributed by atoms with van der Waals surface area (Å²) in [6.45, 7) is 10.5. The number of carbonyl (C=O) groups is 1. The average molecular weight is 289 g/mol. The predicted molar refractivity (Wildman–Crippen MR) is 87.6 cm³/mol. The summed E-state index contributed by atoms with van der Waals surface area (Å²) in [5, 5.41) is 0. The van der Waals surface area contributed by atoms with Crippen LogP contribution in [0.4, 0.5) is 5.69 Å². The number of benzene rings is 1. The van der Waals surface area contributed by atoms with Crippen molar-refractivity contribution in [1.29, 1.82) is 0 Å². The number of hydrogen-bond donors (Lipinski definition) is 0. The fourth-order valence-corrected chi connectivity index (χ4v) is 2.86. The highest BCUT2D eigenvalue weighted by Gasteiger charge is 2.28. The molecule has 2 rings (SSSR count). The quantitative estimate of drug-likeness (QED) is 0.849. The number of likely N-dealkylation sites (N-methyl/N-ethyl adjacent to an activating group) is 1. The number of hydrogen-bond acceptors (Lipinski definition) is 3. The highest BCUT2D eigenvalue weighted by atomic mass is 16.2. The molecular formula is C17H27N3O. The molecule has 1 unspecified atom stereocenters. The maximum absolute atomic E-state index is 12.6. The van der Waals surface area contributed by atoms with Gasteiger partial charge in [-0.05, 0) is 32.9 Å².